The zero-order valence-electron chi connectivity index (χ0n) is 9.94. The molecule has 0 radical (unpaired) electrons. The predicted molar refractivity (Wildman–Crippen MR) is 58.5 cm³/mol. The van der Waals surface area contributed by atoms with Gasteiger partial charge in [-0.1, -0.05) is 0 Å². The van der Waals surface area contributed by atoms with E-state index in [1.165, 1.54) is 4.68 Å². The number of nitrogens with zero attached hydrogens (tertiary/aromatic N) is 3. The molecule has 1 aromatic rings. The Morgan fingerprint density at radius 2 is 2.19 bits per heavy atom. The van der Waals surface area contributed by atoms with Crippen LogP contribution in [0.1, 0.15) is 26.6 Å². The van der Waals surface area contributed by atoms with Crippen molar-refractivity contribution in [3.8, 4) is 0 Å². The molecule has 0 aliphatic rings. The number of nitrogens with two attached hydrogens (primary N) is 1. The average Bonchev–Trinajstić information content (AvgIpc) is 2.40. The first-order valence-corrected chi connectivity index (χ1v) is 4.90. The van der Waals surface area contributed by atoms with E-state index < -0.39 is 11.7 Å². The quantitative estimate of drug-likeness (QED) is 0.763. The number of hydrogen-bond acceptors (Lipinski definition) is 5. The molecule has 1 heterocycles. The summed E-state index contributed by atoms with van der Waals surface area (Å²) in [4.78, 5) is 15.2. The second kappa shape index (κ2) is 4.38. The van der Waals surface area contributed by atoms with Crippen LogP contribution in [0, 0.1) is 0 Å². The molecule has 0 atom stereocenters. The fraction of sp³-hybridized carbons (Fsp3) is 0.667. The van der Waals surface area contributed by atoms with E-state index in [2.05, 4.69) is 15.4 Å². The van der Waals surface area contributed by atoms with Crippen LogP contribution in [0.2, 0.25) is 0 Å². The summed E-state index contributed by atoms with van der Waals surface area (Å²) in [7, 11) is 1.68. The summed E-state index contributed by atoms with van der Waals surface area (Å²) in [6, 6.07) is 0. The highest BCUT2D eigenvalue weighted by molar-refractivity contribution is 5.67. The summed E-state index contributed by atoms with van der Waals surface area (Å²) >= 11 is 0. The lowest BCUT2D eigenvalue weighted by atomic mass is 10.2. The van der Waals surface area contributed by atoms with Crippen molar-refractivity contribution in [2.45, 2.75) is 32.9 Å². The van der Waals surface area contributed by atoms with Crippen LogP contribution < -0.4 is 11.1 Å². The summed E-state index contributed by atoms with van der Waals surface area (Å²) in [6.45, 7) is 5.58. The second-order valence-electron chi connectivity index (χ2n) is 4.37. The molecule has 0 unspecified atom stereocenters. The minimum atomic E-state index is -0.513. The largest absolute Gasteiger partial charge is 0.444 e. The number of rotatable bonds is 2. The smallest absolute Gasteiger partial charge is 0.408 e. The van der Waals surface area contributed by atoms with E-state index in [0.717, 1.165) is 0 Å². The van der Waals surface area contributed by atoms with Gasteiger partial charge in [0, 0.05) is 7.05 Å². The molecular weight excluding hydrogens is 210 g/mol. The Kier molecular flexibility index (Phi) is 3.36. The maximum Gasteiger partial charge on any atom is 0.408 e. The number of carbonyl (C=O) groups excluding carboxylic acids is 1. The number of anilines is 1. The lowest BCUT2D eigenvalue weighted by Crippen LogP contribution is -2.32. The first-order chi connectivity index (χ1) is 7.28. The molecule has 1 aromatic heterocycles. The zero-order chi connectivity index (χ0) is 12.3. The maximum absolute atomic E-state index is 11.3. The number of alkyl carbamates (subject to hydrolysis) is 1. The molecule has 1 rings (SSSR count). The van der Waals surface area contributed by atoms with Gasteiger partial charge in [-0.3, -0.25) is 0 Å². The number of hydrogen-bond donors (Lipinski definition) is 2. The van der Waals surface area contributed by atoms with E-state index in [-0.39, 0.29) is 6.54 Å². The SMILES string of the molecule is Cn1nc(CNC(=O)OC(C)(C)C)nc1N. The van der Waals surface area contributed by atoms with Crippen molar-refractivity contribution in [2.75, 3.05) is 5.73 Å². The lowest BCUT2D eigenvalue weighted by Gasteiger charge is -2.19. The molecule has 0 fully saturated rings. The summed E-state index contributed by atoms with van der Waals surface area (Å²) < 4.78 is 6.49. The van der Waals surface area contributed by atoms with E-state index >= 15 is 0 Å². The third-order valence-electron chi connectivity index (χ3n) is 1.63. The van der Waals surface area contributed by atoms with Crippen molar-refractivity contribution < 1.29 is 9.53 Å². The van der Waals surface area contributed by atoms with Crippen LogP contribution in [0.4, 0.5) is 10.7 Å². The first kappa shape index (κ1) is 12.3. The Balaban J connectivity index is 2.43. The number of nitrogen functional groups attached to an aromatic ring is 1. The fourth-order valence-electron chi connectivity index (χ4n) is 0.992. The van der Waals surface area contributed by atoms with E-state index in [4.69, 9.17) is 10.5 Å². The Bertz CT molecular complexity index is 360. The van der Waals surface area contributed by atoms with E-state index in [1.807, 2.05) is 0 Å². The predicted octanol–water partition coefficient (Wildman–Crippen LogP) is 0.422. The molecule has 0 aromatic carbocycles. The van der Waals surface area contributed by atoms with Gasteiger partial charge in [-0.2, -0.15) is 10.1 Å². The van der Waals surface area contributed by atoms with Crippen LogP contribution in [0.5, 0.6) is 0 Å². The maximum atomic E-state index is 11.3. The molecular formula is C9H17N5O2. The van der Waals surface area contributed by atoms with Gasteiger partial charge >= 0.3 is 6.09 Å². The van der Waals surface area contributed by atoms with E-state index in [1.54, 1.807) is 27.8 Å². The van der Waals surface area contributed by atoms with Crippen LogP contribution in [0.3, 0.4) is 0 Å². The Hall–Kier alpha value is -1.79. The van der Waals surface area contributed by atoms with Crippen molar-refractivity contribution in [1.29, 1.82) is 0 Å². The van der Waals surface area contributed by atoms with Gasteiger partial charge < -0.3 is 15.8 Å². The summed E-state index contributed by atoms with van der Waals surface area (Å²) in [5.41, 5.74) is 4.98. The van der Waals surface area contributed by atoms with Gasteiger partial charge in [-0.05, 0) is 20.8 Å². The normalized spacial score (nSPS) is 11.2. The van der Waals surface area contributed by atoms with Gasteiger partial charge in [0.25, 0.3) is 0 Å². The molecule has 3 N–H and O–H groups in total. The average molecular weight is 227 g/mol. The molecule has 7 heteroatoms. The highest BCUT2D eigenvalue weighted by Gasteiger charge is 2.16. The van der Waals surface area contributed by atoms with Gasteiger partial charge in [0.2, 0.25) is 5.95 Å². The minimum absolute atomic E-state index is 0.194. The number of ether oxygens (including phenoxy) is 1. The highest BCUT2D eigenvalue weighted by atomic mass is 16.6. The van der Waals surface area contributed by atoms with E-state index in [0.29, 0.717) is 11.8 Å². The number of aromatic nitrogens is 3. The molecule has 1 amide bonds. The molecule has 16 heavy (non-hydrogen) atoms. The third-order valence-corrected chi connectivity index (χ3v) is 1.63. The van der Waals surface area contributed by atoms with Crippen molar-refractivity contribution >= 4 is 12.0 Å². The van der Waals surface area contributed by atoms with Crippen LogP contribution in [0.15, 0.2) is 0 Å². The van der Waals surface area contributed by atoms with E-state index in [9.17, 15) is 4.79 Å². The van der Waals surface area contributed by atoms with Crippen molar-refractivity contribution in [3.05, 3.63) is 5.82 Å². The van der Waals surface area contributed by atoms with Crippen molar-refractivity contribution in [3.63, 3.8) is 0 Å². The molecule has 0 aliphatic carbocycles. The zero-order valence-corrected chi connectivity index (χ0v) is 9.94. The summed E-state index contributed by atoms with van der Waals surface area (Å²) in [6.07, 6.45) is -0.501. The molecule has 7 nitrogen and oxygen atoms in total. The third kappa shape index (κ3) is 3.76. The Morgan fingerprint density at radius 1 is 1.56 bits per heavy atom. The number of nitrogens with one attached hydrogen (secondary N) is 1. The van der Waals surface area contributed by atoms with Gasteiger partial charge in [0.1, 0.15) is 5.60 Å². The Labute approximate surface area is 94.0 Å². The molecule has 0 aliphatic heterocycles. The number of aryl methyl sites for hydroxylation is 1. The van der Waals surface area contributed by atoms with Crippen molar-refractivity contribution in [2.24, 2.45) is 7.05 Å². The summed E-state index contributed by atoms with van der Waals surface area (Å²) in [5, 5.41) is 6.53. The second-order valence-corrected chi connectivity index (χ2v) is 4.37. The molecule has 0 bridgehead atoms. The highest BCUT2D eigenvalue weighted by Crippen LogP contribution is 2.06. The first-order valence-electron chi connectivity index (χ1n) is 4.90. The van der Waals surface area contributed by atoms with Gasteiger partial charge in [0.15, 0.2) is 5.82 Å². The molecule has 90 valence electrons. The lowest BCUT2D eigenvalue weighted by molar-refractivity contribution is 0.0522. The van der Waals surface area contributed by atoms with Crippen LogP contribution >= 0.6 is 0 Å². The van der Waals surface area contributed by atoms with Crippen LogP contribution in [-0.4, -0.2) is 26.5 Å². The fourth-order valence-corrected chi connectivity index (χ4v) is 0.992. The molecule has 0 spiro atoms. The number of amides is 1. The van der Waals surface area contributed by atoms with Gasteiger partial charge in [-0.15, -0.1) is 0 Å². The van der Waals surface area contributed by atoms with Gasteiger partial charge in [-0.25, -0.2) is 9.48 Å². The molecule has 0 saturated heterocycles. The standard InChI is InChI=1S/C9H17N5O2/c1-9(2,3)16-8(15)11-5-6-12-7(10)14(4)13-6/h5H2,1-4H3,(H,11,15)(H2,10,12,13). The topological polar surface area (TPSA) is 95.1 Å². The minimum Gasteiger partial charge on any atom is -0.444 e. The van der Waals surface area contributed by atoms with Crippen LogP contribution in [-0.2, 0) is 18.3 Å². The number of carbonyl (C=O) groups is 1. The van der Waals surface area contributed by atoms with Gasteiger partial charge in [0.05, 0.1) is 6.54 Å². The Morgan fingerprint density at radius 3 is 2.62 bits per heavy atom. The van der Waals surface area contributed by atoms with Crippen molar-refractivity contribution in [1.82, 2.24) is 20.1 Å². The summed E-state index contributed by atoms with van der Waals surface area (Å²) in [5.74, 6) is 0.756. The monoisotopic (exact) mass is 227 g/mol. The van der Waals surface area contributed by atoms with Crippen LogP contribution in [0.25, 0.3) is 0 Å². The molecule has 0 saturated carbocycles.